The van der Waals surface area contributed by atoms with E-state index in [0.29, 0.717) is 23.4 Å². The molecule has 6 heteroatoms. The number of fused-ring (bicyclic) bond motifs is 1. The molecule has 2 aromatic carbocycles. The van der Waals surface area contributed by atoms with Gasteiger partial charge in [-0.2, -0.15) is 0 Å². The molecule has 0 spiro atoms. The summed E-state index contributed by atoms with van der Waals surface area (Å²) in [7, 11) is 0. The number of carbonyl (C=O) groups excluding carboxylic acids is 1. The van der Waals surface area contributed by atoms with Gasteiger partial charge in [0.15, 0.2) is 0 Å². The molecular weight excluding hydrogens is 320 g/mol. The number of aryl methyl sites for hydroxylation is 1. The average molecular weight is 338 g/mol. The van der Waals surface area contributed by atoms with Crippen LogP contribution in [-0.2, 0) is 11.3 Å². The van der Waals surface area contributed by atoms with Gasteiger partial charge in [-0.25, -0.2) is 4.79 Å². The Balaban J connectivity index is 1.90. The molecule has 128 valence electrons. The van der Waals surface area contributed by atoms with E-state index < -0.39 is 5.63 Å². The molecule has 0 aliphatic rings. The largest absolute Gasteiger partial charge is 0.508 e. The van der Waals surface area contributed by atoms with Crippen LogP contribution in [-0.4, -0.2) is 11.0 Å². The number of carbonyl (C=O) groups is 1. The Morgan fingerprint density at radius 3 is 2.68 bits per heavy atom. The van der Waals surface area contributed by atoms with Crippen LogP contribution in [0.5, 0.6) is 5.75 Å². The first-order valence-electron chi connectivity index (χ1n) is 7.81. The number of nitrogens with one attached hydrogen (secondary N) is 2. The Labute approximate surface area is 144 Å². The first-order valence-corrected chi connectivity index (χ1v) is 7.81. The van der Waals surface area contributed by atoms with Gasteiger partial charge in [0.2, 0.25) is 5.91 Å². The van der Waals surface area contributed by atoms with Crippen molar-refractivity contribution in [3.8, 4) is 5.75 Å². The maximum absolute atomic E-state index is 11.8. The van der Waals surface area contributed by atoms with Crippen LogP contribution in [0.2, 0.25) is 0 Å². The van der Waals surface area contributed by atoms with Gasteiger partial charge in [-0.3, -0.25) is 4.79 Å². The van der Waals surface area contributed by atoms with Crippen molar-refractivity contribution in [2.24, 2.45) is 0 Å². The second-order valence-electron chi connectivity index (χ2n) is 5.79. The highest BCUT2D eigenvalue weighted by Crippen LogP contribution is 2.27. The maximum Gasteiger partial charge on any atom is 0.336 e. The number of phenols is 1. The smallest absolute Gasteiger partial charge is 0.336 e. The van der Waals surface area contributed by atoms with E-state index in [1.165, 1.54) is 13.0 Å². The molecule has 0 aliphatic carbocycles. The van der Waals surface area contributed by atoms with Gasteiger partial charge in [0.25, 0.3) is 0 Å². The average Bonchev–Trinajstić information content (AvgIpc) is 2.56. The predicted octanol–water partition coefficient (Wildman–Crippen LogP) is 3.38. The van der Waals surface area contributed by atoms with Crippen molar-refractivity contribution in [2.75, 3.05) is 10.6 Å². The van der Waals surface area contributed by atoms with E-state index in [-0.39, 0.29) is 11.7 Å². The van der Waals surface area contributed by atoms with Crippen molar-refractivity contribution in [1.82, 2.24) is 0 Å². The van der Waals surface area contributed by atoms with Crippen molar-refractivity contribution in [1.29, 1.82) is 0 Å². The van der Waals surface area contributed by atoms with Gasteiger partial charge < -0.3 is 20.2 Å². The summed E-state index contributed by atoms with van der Waals surface area (Å²) in [6.45, 7) is 3.55. The zero-order valence-electron chi connectivity index (χ0n) is 13.9. The van der Waals surface area contributed by atoms with E-state index in [4.69, 9.17) is 4.42 Å². The second kappa shape index (κ2) is 6.68. The van der Waals surface area contributed by atoms with Crippen LogP contribution in [0.1, 0.15) is 18.1 Å². The summed E-state index contributed by atoms with van der Waals surface area (Å²) in [6, 6.07) is 12.0. The minimum absolute atomic E-state index is 0.0868. The van der Waals surface area contributed by atoms with Crippen molar-refractivity contribution in [2.45, 2.75) is 20.4 Å². The van der Waals surface area contributed by atoms with Crippen molar-refractivity contribution >= 4 is 28.3 Å². The monoisotopic (exact) mass is 338 g/mol. The highest BCUT2D eigenvalue weighted by molar-refractivity contribution is 5.89. The molecule has 1 amide bonds. The molecular formula is C19H18N2O4. The third-order valence-corrected chi connectivity index (χ3v) is 3.88. The van der Waals surface area contributed by atoms with E-state index >= 15 is 0 Å². The number of benzene rings is 2. The van der Waals surface area contributed by atoms with Crippen molar-refractivity contribution in [3.05, 3.63) is 64.0 Å². The summed E-state index contributed by atoms with van der Waals surface area (Å²) in [5.74, 6) is -0.0529. The molecule has 0 saturated carbocycles. The third-order valence-electron chi connectivity index (χ3n) is 3.88. The zero-order valence-corrected chi connectivity index (χ0v) is 13.9. The lowest BCUT2D eigenvalue weighted by atomic mass is 10.1. The molecule has 0 unspecified atom stereocenters. The summed E-state index contributed by atoms with van der Waals surface area (Å²) < 4.78 is 5.24. The number of hydrogen-bond donors (Lipinski definition) is 3. The van der Waals surface area contributed by atoms with Crippen molar-refractivity contribution < 1.29 is 14.3 Å². The quantitative estimate of drug-likeness (QED) is 0.634. The molecule has 3 N–H and O–H groups in total. The molecule has 0 saturated heterocycles. The minimum atomic E-state index is -0.468. The Kier molecular flexibility index (Phi) is 4.43. The maximum atomic E-state index is 11.8. The summed E-state index contributed by atoms with van der Waals surface area (Å²) in [6.07, 6.45) is 0. The predicted molar refractivity (Wildman–Crippen MR) is 97.0 cm³/mol. The number of aromatic hydroxyl groups is 1. The van der Waals surface area contributed by atoms with Crippen molar-refractivity contribution in [3.63, 3.8) is 0 Å². The van der Waals surface area contributed by atoms with Gasteiger partial charge in [-0.05, 0) is 42.8 Å². The normalized spacial score (nSPS) is 10.6. The molecule has 25 heavy (non-hydrogen) atoms. The molecule has 1 aromatic heterocycles. The second-order valence-corrected chi connectivity index (χ2v) is 5.79. The van der Waals surface area contributed by atoms with Crippen LogP contribution >= 0.6 is 0 Å². The third kappa shape index (κ3) is 3.63. The van der Waals surface area contributed by atoms with Crippen LogP contribution in [0.3, 0.4) is 0 Å². The molecule has 0 atom stereocenters. The molecule has 0 bridgehead atoms. The fourth-order valence-electron chi connectivity index (χ4n) is 2.67. The topological polar surface area (TPSA) is 91.6 Å². The van der Waals surface area contributed by atoms with E-state index in [1.54, 1.807) is 25.1 Å². The van der Waals surface area contributed by atoms with Gasteiger partial charge in [0.05, 0.1) is 0 Å². The lowest BCUT2D eigenvalue weighted by molar-refractivity contribution is -0.114. The van der Waals surface area contributed by atoms with Gasteiger partial charge in [-0.15, -0.1) is 0 Å². The fourth-order valence-corrected chi connectivity index (χ4v) is 2.67. The first-order chi connectivity index (χ1) is 11.9. The van der Waals surface area contributed by atoms with Crippen LogP contribution in [0, 0.1) is 6.92 Å². The Morgan fingerprint density at radius 1 is 1.16 bits per heavy atom. The first kappa shape index (κ1) is 16.6. The molecule has 3 rings (SSSR count). The number of hydrogen-bond acceptors (Lipinski definition) is 5. The lowest BCUT2D eigenvalue weighted by Crippen LogP contribution is -2.08. The highest BCUT2D eigenvalue weighted by atomic mass is 16.4. The number of amides is 1. The van der Waals surface area contributed by atoms with Gasteiger partial charge >= 0.3 is 5.63 Å². The Hall–Kier alpha value is -3.28. The van der Waals surface area contributed by atoms with Gasteiger partial charge in [-0.1, -0.05) is 6.07 Å². The minimum Gasteiger partial charge on any atom is -0.508 e. The standard InChI is InChI=1S/C19H18N2O4/c1-11-17(23)7-6-16-13(8-18(24)25-19(11)16)10-20-14-4-3-5-15(9-14)21-12(2)22/h3-9,20,23H,10H2,1-2H3,(H,21,22). The summed E-state index contributed by atoms with van der Waals surface area (Å²) in [5.41, 5.74) is 2.71. The molecule has 0 aliphatic heterocycles. The number of rotatable bonds is 4. The number of phenolic OH excluding ortho intramolecular Hbond substituents is 1. The molecule has 3 aromatic rings. The summed E-state index contributed by atoms with van der Waals surface area (Å²) in [4.78, 5) is 23.0. The summed E-state index contributed by atoms with van der Waals surface area (Å²) in [5, 5.41) is 16.5. The highest BCUT2D eigenvalue weighted by Gasteiger charge is 2.10. The Morgan fingerprint density at radius 2 is 1.92 bits per heavy atom. The molecule has 0 radical (unpaired) electrons. The van der Waals surface area contributed by atoms with Crippen LogP contribution in [0.4, 0.5) is 11.4 Å². The molecule has 6 nitrogen and oxygen atoms in total. The van der Waals surface area contributed by atoms with Crippen LogP contribution in [0.15, 0.2) is 51.7 Å². The zero-order chi connectivity index (χ0) is 18.0. The SMILES string of the molecule is CC(=O)Nc1cccc(NCc2cc(=O)oc3c(C)c(O)ccc23)c1. The summed E-state index contributed by atoms with van der Waals surface area (Å²) >= 11 is 0. The molecule has 1 heterocycles. The number of anilines is 2. The van der Waals surface area contributed by atoms with Gasteiger partial charge in [0, 0.05) is 41.9 Å². The van der Waals surface area contributed by atoms with Crippen LogP contribution < -0.4 is 16.3 Å². The van der Waals surface area contributed by atoms with Gasteiger partial charge in [0.1, 0.15) is 11.3 Å². The van der Waals surface area contributed by atoms with E-state index in [9.17, 15) is 14.7 Å². The van der Waals surface area contributed by atoms with E-state index in [1.807, 2.05) is 18.2 Å². The lowest BCUT2D eigenvalue weighted by Gasteiger charge is -2.11. The van der Waals surface area contributed by atoms with E-state index in [0.717, 1.165) is 16.6 Å². The molecule has 0 fully saturated rings. The Bertz CT molecular complexity index is 1010. The van der Waals surface area contributed by atoms with E-state index in [2.05, 4.69) is 10.6 Å². The fraction of sp³-hybridized carbons (Fsp3) is 0.158. The van der Waals surface area contributed by atoms with Crippen LogP contribution in [0.25, 0.3) is 11.0 Å².